The van der Waals surface area contributed by atoms with Gasteiger partial charge in [-0.1, -0.05) is 26.0 Å². The molecule has 0 aliphatic carbocycles. The second-order valence-electron chi connectivity index (χ2n) is 23.3. The highest BCUT2D eigenvalue weighted by molar-refractivity contribution is 7.89. The first-order valence-electron chi connectivity index (χ1n) is 27.0. The van der Waals surface area contributed by atoms with Crippen molar-refractivity contribution in [3.8, 4) is 0 Å². The van der Waals surface area contributed by atoms with E-state index in [-0.39, 0.29) is 43.2 Å². The van der Waals surface area contributed by atoms with Crippen LogP contribution in [-0.2, 0) is 60.9 Å². The van der Waals surface area contributed by atoms with Gasteiger partial charge in [-0.2, -0.15) is 0 Å². The van der Waals surface area contributed by atoms with Crippen molar-refractivity contribution in [1.82, 2.24) is 29.1 Å². The number of aliphatic hydroxyl groups is 5. The summed E-state index contributed by atoms with van der Waals surface area (Å²) in [7, 11) is 4.45. The number of anilines is 1. The molecule has 0 saturated carbocycles. The minimum absolute atomic E-state index is 0.0778. The lowest BCUT2D eigenvalue weighted by Crippen LogP contribution is -2.61. The fraction of sp³-hybridized carbons (Fsp3) is 0.811. The molecule has 1 aromatic heterocycles. The van der Waals surface area contributed by atoms with Gasteiger partial charge >= 0.3 is 12.1 Å². The summed E-state index contributed by atoms with van der Waals surface area (Å²) in [6, 6.07) is 4.95. The van der Waals surface area contributed by atoms with E-state index in [1.165, 1.54) is 45.2 Å². The Hall–Kier alpha value is -3.47. The number of carbonyl (C=O) groups is 2. The van der Waals surface area contributed by atoms with E-state index in [4.69, 9.17) is 33.2 Å². The van der Waals surface area contributed by atoms with Gasteiger partial charge in [0.2, 0.25) is 10.0 Å². The Morgan fingerprint density at radius 3 is 2.18 bits per heavy atom. The van der Waals surface area contributed by atoms with Crippen molar-refractivity contribution in [3.63, 3.8) is 0 Å². The third-order valence-corrected chi connectivity index (χ3v) is 18.4. The van der Waals surface area contributed by atoms with E-state index in [1.54, 1.807) is 71.5 Å². The Labute approximate surface area is 455 Å². The van der Waals surface area contributed by atoms with E-state index in [1.807, 2.05) is 37.7 Å². The molecule has 1 amide bonds. The third-order valence-electron chi connectivity index (χ3n) is 16.6. The SMILES string of the molecule is CC[C@H]1OC(=O)[C@H](C)[C@@H](O[C@H]2C[C@@](C)(OC)[C@@H](O)[C@H](C)O2)[C@H](C)[C@@H](O[C@@H]2O[C@H](C)C[C@H](N(C)CCc3cn(C[C@H]4CN(c5ccc(S(=O)(=O)N(C)C)cc5)C(=O)O4)nn3)[C@H]2O)[C@](C)(O)C[C@@H](C)CN(C)[C@H](C)[C@@H](O)[C@]1(C)O. The molecule has 4 fully saturated rings. The van der Waals surface area contributed by atoms with Crippen LogP contribution in [-0.4, -0.2) is 226 Å². The molecule has 4 aliphatic rings. The minimum atomic E-state index is -3.64. The van der Waals surface area contributed by atoms with Gasteiger partial charge in [0.25, 0.3) is 0 Å². The molecule has 2 aromatic rings. The number of aromatic nitrogens is 3. The van der Waals surface area contributed by atoms with Crippen molar-refractivity contribution in [1.29, 1.82) is 0 Å². The van der Waals surface area contributed by atoms with Gasteiger partial charge in [0.05, 0.1) is 65.2 Å². The maximum Gasteiger partial charge on any atom is 0.414 e. The number of benzene rings is 1. The number of ether oxygens (including phenoxy) is 7. The fourth-order valence-corrected chi connectivity index (χ4v) is 12.6. The maximum atomic E-state index is 14.5. The third kappa shape index (κ3) is 14.2. The van der Waals surface area contributed by atoms with E-state index >= 15 is 0 Å². The number of carbonyl (C=O) groups excluding carboxylic acids is 2. The van der Waals surface area contributed by atoms with Crippen molar-refractivity contribution in [2.24, 2.45) is 17.8 Å². The molecule has 0 unspecified atom stereocenters. The molecular weight excluding hydrogens is 1020 g/mol. The van der Waals surface area contributed by atoms with Crippen molar-refractivity contribution in [2.75, 3.05) is 59.8 Å². The predicted molar refractivity (Wildman–Crippen MR) is 282 cm³/mol. The summed E-state index contributed by atoms with van der Waals surface area (Å²) < 4.78 is 71.8. The number of hydrogen-bond donors (Lipinski definition) is 5. The zero-order valence-corrected chi connectivity index (χ0v) is 48.6. The van der Waals surface area contributed by atoms with Crippen molar-refractivity contribution in [3.05, 3.63) is 36.2 Å². The molecule has 5 N–H and O–H groups in total. The smallest absolute Gasteiger partial charge is 0.414 e. The molecule has 23 nitrogen and oxygen atoms in total. The maximum absolute atomic E-state index is 14.5. The minimum Gasteiger partial charge on any atom is -0.459 e. The summed E-state index contributed by atoms with van der Waals surface area (Å²) in [6.45, 7) is 18.6. The van der Waals surface area contributed by atoms with Crippen LogP contribution >= 0.6 is 0 Å². The molecule has 77 heavy (non-hydrogen) atoms. The van der Waals surface area contributed by atoms with Crippen LogP contribution < -0.4 is 4.90 Å². The van der Waals surface area contributed by atoms with Gasteiger partial charge in [-0.3, -0.25) is 9.69 Å². The van der Waals surface area contributed by atoms with Crippen LogP contribution in [0.25, 0.3) is 0 Å². The molecule has 6 rings (SSSR count). The summed E-state index contributed by atoms with van der Waals surface area (Å²) in [6.07, 6.45) is -8.43. The van der Waals surface area contributed by atoms with Crippen LogP contribution in [0, 0.1) is 17.8 Å². The first-order valence-corrected chi connectivity index (χ1v) is 28.5. The quantitative estimate of drug-likeness (QED) is 0.160. The largest absolute Gasteiger partial charge is 0.459 e. The van der Waals surface area contributed by atoms with E-state index in [2.05, 4.69) is 10.3 Å². The number of methoxy groups -OCH3 is 1. The van der Waals surface area contributed by atoms with Gasteiger partial charge in [-0.05, 0) is 112 Å². The molecule has 1 aromatic carbocycles. The van der Waals surface area contributed by atoms with Gasteiger partial charge in [-0.25, -0.2) is 22.2 Å². The van der Waals surface area contributed by atoms with E-state index in [0.717, 1.165) is 4.31 Å². The Morgan fingerprint density at radius 1 is 0.896 bits per heavy atom. The number of cyclic esters (lactones) is 2. The normalized spacial score (nSPS) is 39.6. The lowest BCUT2D eigenvalue weighted by atomic mass is 9.77. The molecule has 5 heterocycles. The van der Waals surface area contributed by atoms with Gasteiger partial charge < -0.3 is 68.5 Å². The second-order valence-corrected chi connectivity index (χ2v) is 25.4. The standard InChI is InChI=1S/C53H89N7O16S/c1-16-41-53(10,67)45(62)34(6)58(14)26-30(2)24-51(8,66)47(32(4)44(33(5)48(64)74-41)75-42-25-52(9,70-15)46(63)35(7)72-42)76-49-43(61)40(23-31(3)71-49)57(13)22-21-36-27-59(55-54-36)28-38-29-60(50(65)73-38)37-17-19-39(20-18-37)77(68,69)56(11)12/h17-20,27,30-35,38,40-47,49,61-63,66-67H,16,21-26,28-29H2,1-15H3/t30-,31-,32+,33-,34-,35+,38+,40+,41-,42+,43-,44+,45-,46+,47-,49+,51-,52-,53-/m1/s1. The highest BCUT2D eigenvalue weighted by Gasteiger charge is 2.53. The molecule has 0 radical (unpaired) electrons. The van der Waals surface area contributed by atoms with Crippen molar-refractivity contribution >= 4 is 27.8 Å². The first-order chi connectivity index (χ1) is 35.8. The molecule has 19 atom stereocenters. The lowest BCUT2D eigenvalue weighted by molar-refractivity contribution is -0.318. The summed E-state index contributed by atoms with van der Waals surface area (Å²) >= 11 is 0. The summed E-state index contributed by atoms with van der Waals surface area (Å²) in [5, 5.41) is 68.5. The Bertz CT molecular complexity index is 2380. The number of likely N-dealkylation sites (N-methyl/N-ethyl adjacent to an activating group) is 2. The summed E-state index contributed by atoms with van der Waals surface area (Å²) in [4.78, 5) is 32.9. The first kappa shape index (κ1) is 62.7. The Morgan fingerprint density at radius 2 is 1.56 bits per heavy atom. The summed E-state index contributed by atoms with van der Waals surface area (Å²) in [5.41, 5.74) is -3.46. The van der Waals surface area contributed by atoms with Gasteiger partial charge in [0.1, 0.15) is 36.1 Å². The number of aliphatic hydroxyl groups excluding tert-OH is 3. The van der Waals surface area contributed by atoms with E-state index in [9.17, 15) is 43.5 Å². The number of amides is 1. The van der Waals surface area contributed by atoms with E-state index in [0.29, 0.717) is 37.3 Å². The Kier molecular flexibility index (Phi) is 20.5. The molecule has 438 valence electrons. The van der Waals surface area contributed by atoms with Crippen LogP contribution in [0.1, 0.15) is 101 Å². The van der Waals surface area contributed by atoms with Gasteiger partial charge in [0.15, 0.2) is 12.6 Å². The number of esters is 1. The van der Waals surface area contributed by atoms with Crippen molar-refractivity contribution < 1.29 is 76.7 Å². The monoisotopic (exact) mass is 1110 g/mol. The molecule has 0 bridgehead atoms. The predicted octanol–water partition coefficient (Wildman–Crippen LogP) is 2.38. The van der Waals surface area contributed by atoms with E-state index < -0.39 is 130 Å². The van der Waals surface area contributed by atoms with Crippen molar-refractivity contribution in [2.45, 2.75) is 209 Å². The summed E-state index contributed by atoms with van der Waals surface area (Å²) in [5.74, 6) is -2.90. The molecule has 24 heteroatoms. The van der Waals surface area contributed by atoms with Crippen LogP contribution in [0.3, 0.4) is 0 Å². The second kappa shape index (κ2) is 25.1. The number of rotatable bonds is 15. The lowest BCUT2D eigenvalue weighted by Gasteiger charge is -2.49. The van der Waals surface area contributed by atoms with Crippen LogP contribution in [0.5, 0.6) is 0 Å². The van der Waals surface area contributed by atoms with Crippen LogP contribution in [0.2, 0.25) is 0 Å². The average molecular weight is 1110 g/mol. The number of sulfonamides is 1. The molecule has 0 spiro atoms. The highest BCUT2D eigenvalue weighted by Crippen LogP contribution is 2.40. The number of hydrogen-bond acceptors (Lipinski definition) is 20. The zero-order chi connectivity index (χ0) is 57.3. The Balaban J connectivity index is 1.21. The topological polar surface area (TPSA) is 278 Å². The highest BCUT2D eigenvalue weighted by atomic mass is 32.2. The van der Waals surface area contributed by atoms with Crippen LogP contribution in [0.15, 0.2) is 35.4 Å². The number of nitrogens with zero attached hydrogens (tertiary/aromatic N) is 7. The van der Waals surface area contributed by atoms with Gasteiger partial charge in [0, 0.05) is 77.0 Å². The molecule has 4 aliphatic heterocycles. The zero-order valence-electron chi connectivity index (χ0n) is 47.8. The molecule has 4 saturated heterocycles. The average Bonchev–Trinajstić information content (AvgIpc) is 3.98. The fourth-order valence-electron chi connectivity index (χ4n) is 11.7. The van der Waals surface area contributed by atoms with Crippen LogP contribution in [0.4, 0.5) is 10.5 Å². The van der Waals surface area contributed by atoms with Gasteiger partial charge in [-0.15, -0.1) is 5.10 Å². The molecular formula is C53H89N7O16S.